The molecule has 0 spiro atoms. The molecule has 3 rings (SSSR count). The summed E-state index contributed by atoms with van der Waals surface area (Å²) in [7, 11) is 1.70. The van der Waals surface area contributed by atoms with Gasteiger partial charge in [0, 0.05) is 32.6 Å². The Morgan fingerprint density at radius 3 is 2.75 bits per heavy atom. The quantitative estimate of drug-likeness (QED) is 0.911. The Labute approximate surface area is 118 Å². The third-order valence-corrected chi connectivity index (χ3v) is 3.81. The number of nitrogens with one attached hydrogen (secondary N) is 1. The van der Waals surface area contributed by atoms with Crippen molar-refractivity contribution in [2.45, 2.75) is 32.0 Å². The summed E-state index contributed by atoms with van der Waals surface area (Å²) in [4.78, 5) is 4.06. The highest BCUT2D eigenvalue weighted by Crippen LogP contribution is 2.28. The van der Waals surface area contributed by atoms with Crippen LogP contribution in [0.5, 0.6) is 0 Å². The minimum Gasteiger partial charge on any atom is -0.371 e. The molecular formula is C14H19N5O. The van der Waals surface area contributed by atoms with Gasteiger partial charge in [0.15, 0.2) is 11.6 Å². The van der Waals surface area contributed by atoms with E-state index in [-0.39, 0.29) is 6.04 Å². The Morgan fingerprint density at radius 2 is 2.05 bits per heavy atom. The van der Waals surface area contributed by atoms with Crippen LogP contribution in [0.4, 0.5) is 0 Å². The van der Waals surface area contributed by atoms with Gasteiger partial charge in [-0.05, 0) is 31.5 Å². The van der Waals surface area contributed by atoms with Gasteiger partial charge < -0.3 is 14.6 Å². The lowest BCUT2D eigenvalue weighted by atomic mass is 10.1. The Balaban J connectivity index is 2.03. The molecule has 0 fully saturated rings. The average Bonchev–Trinajstić information content (AvgIpc) is 2.92. The Kier molecular flexibility index (Phi) is 3.27. The smallest absolute Gasteiger partial charge is 0.164 e. The first-order chi connectivity index (χ1) is 9.63. The fraction of sp³-hybridized carbons (Fsp3) is 0.500. The SMILES string of the molecule is COC(C)(C)c1nnc2n1CCNC2c1ccncc1. The number of nitrogens with zero attached hydrogens (tertiary/aromatic N) is 4. The zero-order valence-electron chi connectivity index (χ0n) is 12.0. The second-order valence-electron chi connectivity index (χ2n) is 5.42. The summed E-state index contributed by atoms with van der Waals surface area (Å²) in [5.74, 6) is 1.80. The molecule has 3 heterocycles. The van der Waals surface area contributed by atoms with Crippen molar-refractivity contribution in [3.8, 4) is 0 Å². The Bertz CT molecular complexity index is 593. The van der Waals surface area contributed by atoms with Crippen molar-refractivity contribution in [2.75, 3.05) is 13.7 Å². The molecule has 6 nitrogen and oxygen atoms in total. The van der Waals surface area contributed by atoms with Crippen molar-refractivity contribution in [3.63, 3.8) is 0 Å². The van der Waals surface area contributed by atoms with E-state index in [1.807, 2.05) is 26.0 Å². The molecule has 20 heavy (non-hydrogen) atoms. The number of fused-ring (bicyclic) bond motifs is 1. The highest BCUT2D eigenvalue weighted by Gasteiger charge is 2.32. The molecule has 106 valence electrons. The molecule has 1 atom stereocenters. The second-order valence-corrected chi connectivity index (χ2v) is 5.42. The molecule has 0 aliphatic carbocycles. The Hall–Kier alpha value is -1.79. The first-order valence-corrected chi connectivity index (χ1v) is 6.75. The zero-order chi connectivity index (χ0) is 14.2. The van der Waals surface area contributed by atoms with Crippen LogP contribution in [-0.2, 0) is 16.9 Å². The van der Waals surface area contributed by atoms with Gasteiger partial charge in [-0.2, -0.15) is 0 Å². The minimum absolute atomic E-state index is 0.0562. The number of aromatic nitrogens is 4. The minimum atomic E-state index is -0.439. The second kappa shape index (κ2) is 4.96. The predicted molar refractivity (Wildman–Crippen MR) is 74.1 cm³/mol. The number of pyridine rings is 1. The molecule has 1 aliphatic rings. The van der Waals surface area contributed by atoms with Crippen LogP contribution in [0.2, 0.25) is 0 Å². The normalized spacial score (nSPS) is 18.9. The summed E-state index contributed by atoms with van der Waals surface area (Å²) >= 11 is 0. The van der Waals surface area contributed by atoms with E-state index in [1.165, 1.54) is 0 Å². The maximum absolute atomic E-state index is 5.54. The molecule has 0 radical (unpaired) electrons. The van der Waals surface area contributed by atoms with Gasteiger partial charge in [0.1, 0.15) is 5.60 Å². The van der Waals surface area contributed by atoms with Crippen LogP contribution >= 0.6 is 0 Å². The van der Waals surface area contributed by atoms with Gasteiger partial charge in [-0.3, -0.25) is 4.98 Å². The maximum Gasteiger partial charge on any atom is 0.164 e. The fourth-order valence-electron chi connectivity index (χ4n) is 2.52. The fourth-order valence-corrected chi connectivity index (χ4v) is 2.52. The van der Waals surface area contributed by atoms with Crippen LogP contribution in [0, 0.1) is 0 Å². The standard InChI is InChI=1S/C14H19N5O/c1-14(2,20-3)13-18-17-12-11(16-8-9-19(12)13)10-4-6-15-7-5-10/h4-7,11,16H,8-9H2,1-3H3. The summed E-state index contributed by atoms with van der Waals surface area (Å²) in [6.07, 6.45) is 3.60. The molecule has 0 bridgehead atoms. The monoisotopic (exact) mass is 273 g/mol. The number of hydrogen-bond donors (Lipinski definition) is 1. The molecule has 2 aromatic rings. The van der Waals surface area contributed by atoms with Crippen molar-refractivity contribution in [1.29, 1.82) is 0 Å². The molecule has 1 N–H and O–H groups in total. The molecular weight excluding hydrogens is 254 g/mol. The first-order valence-electron chi connectivity index (χ1n) is 6.75. The van der Waals surface area contributed by atoms with Crippen molar-refractivity contribution in [1.82, 2.24) is 25.1 Å². The highest BCUT2D eigenvalue weighted by atomic mass is 16.5. The van der Waals surface area contributed by atoms with Crippen LogP contribution < -0.4 is 5.32 Å². The van der Waals surface area contributed by atoms with E-state index in [4.69, 9.17) is 4.74 Å². The van der Waals surface area contributed by atoms with Gasteiger partial charge in [0.05, 0.1) is 6.04 Å². The molecule has 0 aromatic carbocycles. The molecule has 0 saturated heterocycles. The van der Waals surface area contributed by atoms with Gasteiger partial charge in [-0.1, -0.05) is 0 Å². The van der Waals surface area contributed by atoms with E-state index in [9.17, 15) is 0 Å². The van der Waals surface area contributed by atoms with Gasteiger partial charge in [0.2, 0.25) is 0 Å². The lowest BCUT2D eigenvalue weighted by molar-refractivity contribution is 0.00772. The topological polar surface area (TPSA) is 64.9 Å². The van der Waals surface area contributed by atoms with Gasteiger partial charge in [0.25, 0.3) is 0 Å². The highest BCUT2D eigenvalue weighted by molar-refractivity contribution is 5.24. The van der Waals surface area contributed by atoms with E-state index in [2.05, 4.69) is 25.1 Å². The summed E-state index contributed by atoms with van der Waals surface area (Å²) in [5, 5.41) is 12.2. The zero-order valence-corrected chi connectivity index (χ0v) is 12.0. The summed E-state index contributed by atoms with van der Waals surface area (Å²) in [6, 6.07) is 4.06. The van der Waals surface area contributed by atoms with Crippen LogP contribution in [0.1, 0.15) is 37.1 Å². The average molecular weight is 273 g/mol. The van der Waals surface area contributed by atoms with E-state index < -0.39 is 5.60 Å². The summed E-state index contributed by atoms with van der Waals surface area (Å²) < 4.78 is 7.69. The van der Waals surface area contributed by atoms with Crippen molar-refractivity contribution in [3.05, 3.63) is 41.7 Å². The molecule has 1 aliphatic heterocycles. The van der Waals surface area contributed by atoms with E-state index in [0.29, 0.717) is 0 Å². The van der Waals surface area contributed by atoms with E-state index in [1.54, 1.807) is 19.5 Å². The first kappa shape index (κ1) is 13.2. The maximum atomic E-state index is 5.54. The molecule has 1 unspecified atom stereocenters. The van der Waals surface area contributed by atoms with E-state index >= 15 is 0 Å². The number of hydrogen-bond acceptors (Lipinski definition) is 5. The van der Waals surface area contributed by atoms with Crippen LogP contribution in [0.3, 0.4) is 0 Å². The lowest BCUT2D eigenvalue weighted by Crippen LogP contribution is -2.37. The molecule has 2 aromatic heterocycles. The lowest BCUT2D eigenvalue weighted by Gasteiger charge is -2.28. The van der Waals surface area contributed by atoms with Gasteiger partial charge in [-0.25, -0.2) is 0 Å². The summed E-state index contributed by atoms with van der Waals surface area (Å²) in [6.45, 7) is 5.75. The number of rotatable bonds is 3. The number of ether oxygens (including phenoxy) is 1. The van der Waals surface area contributed by atoms with Crippen molar-refractivity contribution in [2.24, 2.45) is 0 Å². The van der Waals surface area contributed by atoms with Crippen LogP contribution in [0.25, 0.3) is 0 Å². The third kappa shape index (κ3) is 2.10. The molecule has 0 saturated carbocycles. The van der Waals surface area contributed by atoms with Gasteiger partial charge in [-0.15, -0.1) is 10.2 Å². The van der Waals surface area contributed by atoms with E-state index in [0.717, 1.165) is 30.3 Å². The van der Waals surface area contributed by atoms with Crippen molar-refractivity contribution >= 4 is 0 Å². The van der Waals surface area contributed by atoms with Crippen LogP contribution in [-0.4, -0.2) is 33.4 Å². The molecule has 6 heteroatoms. The number of methoxy groups -OCH3 is 1. The largest absolute Gasteiger partial charge is 0.371 e. The Morgan fingerprint density at radius 1 is 1.30 bits per heavy atom. The summed E-state index contributed by atoms with van der Waals surface area (Å²) in [5.41, 5.74) is 0.709. The third-order valence-electron chi connectivity index (χ3n) is 3.81. The van der Waals surface area contributed by atoms with Gasteiger partial charge >= 0.3 is 0 Å². The van der Waals surface area contributed by atoms with Crippen LogP contribution in [0.15, 0.2) is 24.5 Å². The predicted octanol–water partition coefficient (Wildman–Crippen LogP) is 1.25. The molecule has 0 amide bonds. The van der Waals surface area contributed by atoms with Crippen molar-refractivity contribution < 1.29 is 4.74 Å².